The Morgan fingerprint density at radius 1 is 1.00 bits per heavy atom. The maximum absolute atomic E-state index is 4.16. The number of hydrazone groups is 1. The van der Waals surface area contributed by atoms with Crippen LogP contribution in [0.1, 0.15) is 5.56 Å². The number of rotatable bonds is 3. The number of hydrogen-bond donors (Lipinski definition) is 1. The van der Waals surface area contributed by atoms with Crippen LogP contribution in [-0.4, -0.2) is 6.21 Å². The Morgan fingerprint density at radius 2 is 1.81 bits per heavy atom. The van der Waals surface area contributed by atoms with Crippen LogP contribution in [0.5, 0.6) is 0 Å². The number of nitrogens with one attached hydrogen (secondary N) is 1. The molecule has 2 rings (SSSR count). The van der Waals surface area contributed by atoms with E-state index in [1.807, 2.05) is 54.6 Å². The maximum Gasteiger partial charge on any atom is 0.0573 e. The van der Waals surface area contributed by atoms with Crippen LogP contribution >= 0.6 is 15.9 Å². The van der Waals surface area contributed by atoms with Crippen molar-refractivity contribution in [3.8, 4) is 0 Å². The van der Waals surface area contributed by atoms with Gasteiger partial charge in [0.1, 0.15) is 0 Å². The Bertz CT molecular complexity index is 480. The third-order valence-corrected chi connectivity index (χ3v) is 2.52. The molecule has 0 spiro atoms. The van der Waals surface area contributed by atoms with Gasteiger partial charge >= 0.3 is 0 Å². The third-order valence-electron chi connectivity index (χ3n) is 2.03. The molecule has 0 saturated heterocycles. The average Bonchev–Trinajstić information content (AvgIpc) is 2.30. The standard InChI is InChI=1S/C13H11BrN2/c14-12-7-4-8-13(9-12)16-15-10-11-5-2-1-3-6-11/h1-10,16H/b15-10+. The predicted molar refractivity (Wildman–Crippen MR) is 71.8 cm³/mol. The highest BCUT2D eigenvalue weighted by molar-refractivity contribution is 9.10. The largest absolute Gasteiger partial charge is 0.278 e. The van der Waals surface area contributed by atoms with Gasteiger partial charge in [0.15, 0.2) is 0 Å². The van der Waals surface area contributed by atoms with Crippen molar-refractivity contribution < 1.29 is 0 Å². The first-order valence-corrected chi connectivity index (χ1v) is 5.73. The number of halogens is 1. The van der Waals surface area contributed by atoms with Gasteiger partial charge in [0.2, 0.25) is 0 Å². The first-order chi connectivity index (χ1) is 7.84. The molecule has 0 saturated carbocycles. The molecule has 0 aliphatic carbocycles. The molecule has 2 aromatic rings. The van der Waals surface area contributed by atoms with Gasteiger partial charge in [-0.1, -0.05) is 52.3 Å². The normalized spacial score (nSPS) is 10.6. The molecule has 16 heavy (non-hydrogen) atoms. The molecule has 3 heteroatoms. The Kier molecular flexibility index (Phi) is 3.72. The first-order valence-electron chi connectivity index (χ1n) is 4.94. The summed E-state index contributed by atoms with van der Waals surface area (Å²) in [6.07, 6.45) is 1.79. The molecule has 0 aliphatic heterocycles. The monoisotopic (exact) mass is 274 g/mol. The Hall–Kier alpha value is -1.61. The van der Waals surface area contributed by atoms with Crippen molar-refractivity contribution in [1.82, 2.24) is 0 Å². The number of nitrogens with zero attached hydrogens (tertiary/aromatic N) is 1. The summed E-state index contributed by atoms with van der Waals surface area (Å²) in [7, 11) is 0. The molecule has 0 amide bonds. The minimum Gasteiger partial charge on any atom is -0.278 e. The van der Waals surface area contributed by atoms with Gasteiger partial charge in [0, 0.05) is 4.47 Å². The Balaban J connectivity index is 2.00. The fraction of sp³-hybridized carbons (Fsp3) is 0. The van der Waals surface area contributed by atoms with E-state index in [2.05, 4.69) is 26.5 Å². The van der Waals surface area contributed by atoms with Crippen molar-refractivity contribution >= 4 is 27.8 Å². The first kappa shape index (κ1) is 10.9. The topological polar surface area (TPSA) is 24.4 Å². The van der Waals surface area contributed by atoms with Gasteiger partial charge in [-0.2, -0.15) is 5.10 Å². The van der Waals surface area contributed by atoms with Crippen LogP contribution in [0.4, 0.5) is 5.69 Å². The van der Waals surface area contributed by atoms with Crippen LogP contribution < -0.4 is 5.43 Å². The highest BCUT2D eigenvalue weighted by Gasteiger charge is 1.90. The van der Waals surface area contributed by atoms with Gasteiger partial charge in [0.25, 0.3) is 0 Å². The van der Waals surface area contributed by atoms with Crippen molar-refractivity contribution in [2.24, 2.45) is 5.10 Å². The number of hydrogen-bond acceptors (Lipinski definition) is 2. The van der Waals surface area contributed by atoms with Gasteiger partial charge in [0.05, 0.1) is 11.9 Å². The molecule has 0 fully saturated rings. The van der Waals surface area contributed by atoms with Crippen LogP contribution in [0.2, 0.25) is 0 Å². The lowest BCUT2D eigenvalue weighted by Crippen LogP contribution is -1.89. The summed E-state index contributed by atoms with van der Waals surface area (Å²) in [5.74, 6) is 0. The predicted octanol–water partition coefficient (Wildman–Crippen LogP) is 3.90. The summed E-state index contributed by atoms with van der Waals surface area (Å²) >= 11 is 3.41. The molecule has 2 nitrogen and oxygen atoms in total. The summed E-state index contributed by atoms with van der Waals surface area (Å²) in [6, 6.07) is 17.9. The van der Waals surface area contributed by atoms with Crippen molar-refractivity contribution in [3.63, 3.8) is 0 Å². The zero-order valence-corrected chi connectivity index (χ0v) is 10.2. The van der Waals surface area contributed by atoms with Crippen LogP contribution in [0, 0.1) is 0 Å². The average molecular weight is 275 g/mol. The summed E-state index contributed by atoms with van der Waals surface area (Å²) < 4.78 is 1.03. The third kappa shape index (κ3) is 3.21. The van der Waals surface area contributed by atoms with Crippen LogP contribution in [-0.2, 0) is 0 Å². The second-order valence-electron chi connectivity index (χ2n) is 3.29. The fourth-order valence-electron chi connectivity index (χ4n) is 1.28. The molecule has 0 heterocycles. The fourth-order valence-corrected chi connectivity index (χ4v) is 1.68. The van der Waals surface area contributed by atoms with Crippen molar-refractivity contribution in [2.75, 3.05) is 5.43 Å². The van der Waals surface area contributed by atoms with Gasteiger partial charge in [-0.25, -0.2) is 0 Å². The quantitative estimate of drug-likeness (QED) is 0.667. The Labute approximate surface area is 103 Å². The Morgan fingerprint density at radius 3 is 2.56 bits per heavy atom. The van der Waals surface area contributed by atoms with E-state index in [9.17, 15) is 0 Å². The highest BCUT2D eigenvalue weighted by Crippen LogP contribution is 2.15. The van der Waals surface area contributed by atoms with Crippen LogP contribution in [0.25, 0.3) is 0 Å². The molecule has 2 aromatic carbocycles. The van der Waals surface area contributed by atoms with Gasteiger partial charge in [-0.05, 0) is 23.8 Å². The molecule has 0 unspecified atom stereocenters. The van der Waals surface area contributed by atoms with Crippen molar-refractivity contribution in [1.29, 1.82) is 0 Å². The molecule has 0 bridgehead atoms. The lowest BCUT2D eigenvalue weighted by molar-refractivity contribution is 1.35. The molecular weight excluding hydrogens is 264 g/mol. The van der Waals surface area contributed by atoms with E-state index in [0.717, 1.165) is 15.7 Å². The molecule has 0 aliphatic rings. The van der Waals surface area contributed by atoms with Crippen molar-refractivity contribution in [2.45, 2.75) is 0 Å². The van der Waals surface area contributed by atoms with Gasteiger partial charge < -0.3 is 0 Å². The maximum atomic E-state index is 4.16. The van der Waals surface area contributed by atoms with E-state index in [0.29, 0.717) is 0 Å². The summed E-state index contributed by atoms with van der Waals surface area (Å²) in [4.78, 5) is 0. The number of anilines is 1. The molecule has 80 valence electrons. The highest BCUT2D eigenvalue weighted by atomic mass is 79.9. The lowest BCUT2D eigenvalue weighted by atomic mass is 10.2. The lowest BCUT2D eigenvalue weighted by Gasteiger charge is -1.99. The minimum atomic E-state index is 0.960. The molecule has 0 aromatic heterocycles. The van der Waals surface area contributed by atoms with E-state index in [-0.39, 0.29) is 0 Å². The van der Waals surface area contributed by atoms with Gasteiger partial charge in [-0.15, -0.1) is 0 Å². The van der Waals surface area contributed by atoms with E-state index in [1.165, 1.54) is 0 Å². The van der Waals surface area contributed by atoms with Gasteiger partial charge in [-0.3, -0.25) is 5.43 Å². The molecule has 0 radical (unpaired) electrons. The molecule has 0 atom stereocenters. The zero-order valence-electron chi connectivity index (χ0n) is 8.60. The minimum absolute atomic E-state index is 0.960. The zero-order chi connectivity index (χ0) is 11.2. The SMILES string of the molecule is Brc1cccc(N/N=C/c2ccccc2)c1. The molecular formula is C13H11BrN2. The summed E-state index contributed by atoms with van der Waals surface area (Å²) in [5.41, 5.74) is 5.01. The second-order valence-corrected chi connectivity index (χ2v) is 4.21. The van der Waals surface area contributed by atoms with Crippen LogP contribution in [0.3, 0.4) is 0 Å². The molecule has 1 N–H and O–H groups in total. The van der Waals surface area contributed by atoms with E-state index in [4.69, 9.17) is 0 Å². The second kappa shape index (κ2) is 5.47. The smallest absolute Gasteiger partial charge is 0.0573 e. The number of benzene rings is 2. The van der Waals surface area contributed by atoms with Crippen molar-refractivity contribution in [3.05, 3.63) is 64.6 Å². The summed E-state index contributed by atoms with van der Waals surface area (Å²) in [6.45, 7) is 0. The van der Waals surface area contributed by atoms with Crippen LogP contribution in [0.15, 0.2) is 64.2 Å². The van der Waals surface area contributed by atoms with E-state index in [1.54, 1.807) is 6.21 Å². The van der Waals surface area contributed by atoms with E-state index >= 15 is 0 Å². The van der Waals surface area contributed by atoms with E-state index < -0.39 is 0 Å². The summed E-state index contributed by atoms with van der Waals surface area (Å²) in [5, 5.41) is 4.16.